The van der Waals surface area contributed by atoms with E-state index >= 15 is 0 Å². The number of nitrogens with one attached hydrogen (secondary N) is 1. The maximum absolute atomic E-state index is 12.3. The molecular formula is C14H17NO3S2. The zero-order chi connectivity index (χ0) is 14.9. The Balaban J connectivity index is 2.35. The molecule has 0 atom stereocenters. The van der Waals surface area contributed by atoms with E-state index < -0.39 is 10.0 Å². The van der Waals surface area contributed by atoms with Gasteiger partial charge in [0.25, 0.3) is 10.0 Å². The molecule has 108 valence electrons. The summed E-state index contributed by atoms with van der Waals surface area (Å²) in [7, 11) is -3.60. The summed E-state index contributed by atoms with van der Waals surface area (Å²) in [6.45, 7) is 5.47. The topological polar surface area (TPSA) is 66.4 Å². The van der Waals surface area contributed by atoms with Crippen LogP contribution in [0.4, 0.5) is 5.69 Å². The first-order chi connectivity index (χ1) is 9.33. The maximum Gasteiger partial charge on any atom is 0.271 e. The van der Waals surface area contributed by atoms with E-state index in [9.17, 15) is 8.42 Å². The molecule has 0 aliphatic rings. The molecule has 0 amide bonds. The molecule has 0 unspecified atom stereocenters. The Kier molecular flexibility index (Phi) is 4.17. The first-order valence-corrected chi connectivity index (χ1v) is 8.43. The van der Waals surface area contributed by atoms with E-state index in [2.05, 4.69) is 4.72 Å². The lowest BCUT2D eigenvalue weighted by Crippen LogP contribution is -2.12. The maximum atomic E-state index is 12.3. The van der Waals surface area contributed by atoms with Crippen LogP contribution in [-0.4, -0.2) is 13.5 Å². The zero-order valence-corrected chi connectivity index (χ0v) is 13.2. The van der Waals surface area contributed by atoms with E-state index in [4.69, 9.17) is 5.11 Å². The van der Waals surface area contributed by atoms with Crippen LogP contribution in [0.15, 0.2) is 28.5 Å². The van der Waals surface area contributed by atoms with Crippen LogP contribution in [-0.2, 0) is 16.6 Å². The molecule has 1 aromatic heterocycles. The molecule has 4 nitrogen and oxygen atoms in total. The van der Waals surface area contributed by atoms with E-state index in [0.717, 1.165) is 28.0 Å². The van der Waals surface area contributed by atoms with Crippen molar-refractivity contribution in [1.82, 2.24) is 0 Å². The quantitative estimate of drug-likeness (QED) is 0.912. The summed E-state index contributed by atoms with van der Waals surface area (Å²) < 4.78 is 27.5. The Bertz CT molecular complexity index is 733. The zero-order valence-electron chi connectivity index (χ0n) is 11.6. The van der Waals surface area contributed by atoms with Gasteiger partial charge in [-0.25, -0.2) is 8.42 Å². The summed E-state index contributed by atoms with van der Waals surface area (Å²) in [6.07, 6.45) is 0. The van der Waals surface area contributed by atoms with E-state index in [0.29, 0.717) is 10.6 Å². The molecule has 6 heteroatoms. The van der Waals surface area contributed by atoms with Crippen LogP contribution < -0.4 is 4.72 Å². The number of rotatable bonds is 4. The molecule has 0 aliphatic heterocycles. The number of sulfonamides is 1. The average molecular weight is 311 g/mol. The molecule has 1 aromatic carbocycles. The Morgan fingerprint density at radius 1 is 1.15 bits per heavy atom. The summed E-state index contributed by atoms with van der Waals surface area (Å²) in [5.74, 6) is 0. The number of thiophene rings is 1. The fraction of sp³-hybridized carbons (Fsp3) is 0.286. The Morgan fingerprint density at radius 2 is 1.85 bits per heavy atom. The second-order valence-electron chi connectivity index (χ2n) is 4.75. The monoisotopic (exact) mass is 311 g/mol. The van der Waals surface area contributed by atoms with Crippen LogP contribution in [0.3, 0.4) is 0 Å². The van der Waals surface area contributed by atoms with Crippen molar-refractivity contribution in [3.8, 4) is 0 Å². The lowest BCUT2D eigenvalue weighted by Gasteiger charge is -2.09. The van der Waals surface area contributed by atoms with Crippen LogP contribution in [0.25, 0.3) is 0 Å². The lowest BCUT2D eigenvalue weighted by molar-refractivity contribution is 0.285. The van der Waals surface area contributed by atoms with Gasteiger partial charge in [-0.1, -0.05) is 17.7 Å². The number of hydrogen-bond acceptors (Lipinski definition) is 4. The van der Waals surface area contributed by atoms with Gasteiger partial charge in [0.15, 0.2) is 0 Å². The average Bonchev–Trinajstić information content (AvgIpc) is 2.75. The summed E-state index contributed by atoms with van der Waals surface area (Å²) in [4.78, 5) is 0.672. The van der Waals surface area contributed by atoms with Crippen molar-refractivity contribution in [2.75, 3.05) is 4.72 Å². The highest BCUT2D eigenvalue weighted by Gasteiger charge is 2.19. The fourth-order valence-electron chi connectivity index (χ4n) is 1.90. The molecule has 2 rings (SSSR count). The lowest BCUT2D eigenvalue weighted by atomic mass is 10.1. The molecule has 0 radical (unpaired) electrons. The summed E-state index contributed by atoms with van der Waals surface area (Å²) in [5.41, 5.74) is 3.33. The third kappa shape index (κ3) is 3.03. The predicted octanol–water partition coefficient (Wildman–Crippen LogP) is 2.97. The van der Waals surface area contributed by atoms with Gasteiger partial charge in [-0.15, -0.1) is 11.3 Å². The van der Waals surface area contributed by atoms with E-state index in [1.165, 1.54) is 0 Å². The van der Waals surface area contributed by atoms with Crippen molar-refractivity contribution in [1.29, 1.82) is 0 Å². The summed E-state index contributed by atoms with van der Waals surface area (Å²) >= 11 is 1.09. The van der Waals surface area contributed by atoms with Crippen molar-refractivity contribution < 1.29 is 13.5 Å². The van der Waals surface area contributed by atoms with Gasteiger partial charge in [0.1, 0.15) is 4.21 Å². The molecule has 0 bridgehead atoms. The highest BCUT2D eigenvalue weighted by Crippen LogP contribution is 2.28. The van der Waals surface area contributed by atoms with Crippen molar-refractivity contribution in [3.05, 3.63) is 45.8 Å². The van der Waals surface area contributed by atoms with Gasteiger partial charge in [0.05, 0.1) is 12.3 Å². The van der Waals surface area contributed by atoms with E-state index in [1.54, 1.807) is 19.1 Å². The van der Waals surface area contributed by atoms with Crippen molar-refractivity contribution in [2.45, 2.75) is 31.6 Å². The molecule has 0 saturated heterocycles. The second kappa shape index (κ2) is 5.55. The van der Waals surface area contributed by atoms with Crippen LogP contribution in [0.2, 0.25) is 0 Å². The van der Waals surface area contributed by atoms with Crippen LogP contribution in [0.1, 0.15) is 21.6 Å². The minimum atomic E-state index is -3.60. The van der Waals surface area contributed by atoms with Crippen molar-refractivity contribution in [3.63, 3.8) is 0 Å². The van der Waals surface area contributed by atoms with E-state index in [-0.39, 0.29) is 10.8 Å². The molecule has 2 N–H and O–H groups in total. The molecule has 20 heavy (non-hydrogen) atoms. The SMILES string of the molecule is Cc1ccc(NS(=O)(=O)c2cc(C)c(CO)s2)c(C)c1. The Labute approximate surface area is 123 Å². The van der Waals surface area contributed by atoms with Gasteiger partial charge in [-0.2, -0.15) is 0 Å². The molecule has 0 spiro atoms. The van der Waals surface area contributed by atoms with Crippen LogP contribution >= 0.6 is 11.3 Å². The van der Waals surface area contributed by atoms with E-state index in [1.807, 2.05) is 26.0 Å². The Hall–Kier alpha value is -1.37. The highest BCUT2D eigenvalue weighted by atomic mass is 32.2. The molecular weight excluding hydrogens is 294 g/mol. The minimum Gasteiger partial charge on any atom is -0.391 e. The highest BCUT2D eigenvalue weighted by molar-refractivity contribution is 7.94. The number of benzene rings is 1. The van der Waals surface area contributed by atoms with Gasteiger partial charge >= 0.3 is 0 Å². The van der Waals surface area contributed by atoms with Crippen molar-refractivity contribution >= 4 is 27.0 Å². The predicted molar refractivity (Wildman–Crippen MR) is 81.7 cm³/mol. The molecule has 1 heterocycles. The van der Waals surface area contributed by atoms with Gasteiger partial charge in [-0.3, -0.25) is 4.72 Å². The number of anilines is 1. The number of aliphatic hydroxyl groups is 1. The third-order valence-electron chi connectivity index (χ3n) is 3.03. The fourth-order valence-corrected chi connectivity index (χ4v) is 4.48. The molecule has 0 saturated carbocycles. The third-order valence-corrected chi connectivity index (χ3v) is 6.09. The normalized spacial score (nSPS) is 11.6. The second-order valence-corrected chi connectivity index (χ2v) is 7.80. The van der Waals surface area contributed by atoms with Gasteiger partial charge in [0, 0.05) is 4.88 Å². The molecule has 2 aromatic rings. The van der Waals surface area contributed by atoms with Gasteiger partial charge < -0.3 is 5.11 Å². The van der Waals surface area contributed by atoms with Crippen LogP contribution in [0.5, 0.6) is 0 Å². The van der Waals surface area contributed by atoms with Crippen LogP contribution in [0, 0.1) is 20.8 Å². The smallest absolute Gasteiger partial charge is 0.271 e. The first-order valence-electron chi connectivity index (χ1n) is 6.13. The molecule has 0 aliphatic carbocycles. The van der Waals surface area contributed by atoms with Gasteiger partial charge in [0.2, 0.25) is 0 Å². The minimum absolute atomic E-state index is 0.143. The Morgan fingerprint density at radius 3 is 2.40 bits per heavy atom. The number of aliphatic hydroxyl groups excluding tert-OH is 1. The number of hydrogen-bond donors (Lipinski definition) is 2. The standard InChI is InChI=1S/C14H17NO3S2/c1-9-4-5-12(10(2)6-9)15-20(17,18)14-7-11(3)13(8-16)19-14/h4-7,15-16H,8H2,1-3H3. The summed E-state index contributed by atoms with van der Waals surface area (Å²) in [5, 5.41) is 9.16. The molecule has 0 fully saturated rings. The van der Waals surface area contributed by atoms with Gasteiger partial charge in [-0.05, 0) is 44.0 Å². The summed E-state index contributed by atoms with van der Waals surface area (Å²) in [6, 6.07) is 7.14. The largest absolute Gasteiger partial charge is 0.391 e. The van der Waals surface area contributed by atoms with Crippen molar-refractivity contribution in [2.24, 2.45) is 0 Å². The first kappa shape index (κ1) is 15.0. The number of aryl methyl sites for hydroxylation is 3.